The molecule has 0 unspecified atom stereocenters. The van der Waals surface area contributed by atoms with Crippen molar-refractivity contribution in [1.82, 2.24) is 14.8 Å². The van der Waals surface area contributed by atoms with Gasteiger partial charge < -0.3 is 10.1 Å². The van der Waals surface area contributed by atoms with Crippen molar-refractivity contribution in [2.75, 3.05) is 11.9 Å². The fraction of sp³-hybridized carbons (Fsp3) is 0.235. The summed E-state index contributed by atoms with van der Waals surface area (Å²) in [5.74, 6) is -0.403. The van der Waals surface area contributed by atoms with Crippen LogP contribution >= 0.6 is 0 Å². The first-order valence-electron chi connectivity index (χ1n) is 7.95. The van der Waals surface area contributed by atoms with Crippen molar-refractivity contribution in [3.05, 3.63) is 52.8 Å². The Bertz CT molecular complexity index is 967. The third-order valence-electron chi connectivity index (χ3n) is 3.63. The molecular formula is C17H17N5O4. The maximum Gasteiger partial charge on any atom is 0.310 e. The molecule has 0 radical (unpaired) electrons. The van der Waals surface area contributed by atoms with Crippen LogP contribution < -0.4 is 10.1 Å². The Labute approximate surface area is 148 Å². The van der Waals surface area contributed by atoms with Crippen LogP contribution in [0.15, 0.2) is 42.7 Å². The van der Waals surface area contributed by atoms with Crippen molar-refractivity contribution in [1.29, 1.82) is 0 Å². The van der Waals surface area contributed by atoms with Gasteiger partial charge in [0, 0.05) is 17.5 Å². The van der Waals surface area contributed by atoms with Crippen LogP contribution in [0.5, 0.6) is 5.75 Å². The Morgan fingerprint density at radius 2 is 2.12 bits per heavy atom. The van der Waals surface area contributed by atoms with Crippen molar-refractivity contribution in [3.63, 3.8) is 0 Å². The number of pyridine rings is 1. The number of fused-ring (bicyclic) bond motifs is 1. The van der Waals surface area contributed by atoms with Crippen LogP contribution in [-0.2, 0) is 4.79 Å². The Balaban J connectivity index is 1.67. The number of hydrogen-bond donors (Lipinski definition) is 1. The average molecular weight is 355 g/mol. The fourth-order valence-electron chi connectivity index (χ4n) is 2.46. The van der Waals surface area contributed by atoms with Crippen molar-refractivity contribution in [2.24, 2.45) is 0 Å². The molecule has 0 saturated carbocycles. The Kier molecular flexibility index (Phi) is 4.78. The Morgan fingerprint density at radius 3 is 2.85 bits per heavy atom. The lowest BCUT2D eigenvalue weighted by molar-refractivity contribution is -0.385. The highest BCUT2D eigenvalue weighted by Crippen LogP contribution is 2.25. The predicted octanol–water partition coefficient (Wildman–Crippen LogP) is 2.94. The van der Waals surface area contributed by atoms with Gasteiger partial charge in [-0.25, -0.2) is 9.67 Å². The topological polar surface area (TPSA) is 112 Å². The quantitative estimate of drug-likeness (QED) is 0.537. The molecule has 0 saturated heterocycles. The molecule has 0 atom stereocenters. The maximum absolute atomic E-state index is 12.1. The van der Waals surface area contributed by atoms with Crippen LogP contribution in [0.2, 0.25) is 0 Å². The summed E-state index contributed by atoms with van der Waals surface area (Å²) < 4.78 is 7.06. The van der Waals surface area contributed by atoms with Crippen molar-refractivity contribution >= 4 is 28.3 Å². The van der Waals surface area contributed by atoms with Gasteiger partial charge in [-0.1, -0.05) is 12.1 Å². The van der Waals surface area contributed by atoms with Crippen LogP contribution in [0.4, 0.5) is 11.4 Å². The minimum absolute atomic E-state index is 0.0411. The number of benzene rings is 1. The highest BCUT2D eigenvalue weighted by atomic mass is 16.6. The fourth-order valence-corrected chi connectivity index (χ4v) is 2.46. The van der Waals surface area contributed by atoms with Gasteiger partial charge in [0.15, 0.2) is 18.0 Å². The van der Waals surface area contributed by atoms with Crippen LogP contribution in [0.1, 0.15) is 19.9 Å². The number of rotatable bonds is 6. The van der Waals surface area contributed by atoms with E-state index in [0.29, 0.717) is 5.69 Å². The molecule has 134 valence electrons. The SMILES string of the molecule is CC(C)n1ncc2cc(NC(=O)COc3ccccc3[N+](=O)[O-])cnc21. The van der Waals surface area contributed by atoms with E-state index in [2.05, 4.69) is 15.4 Å². The second-order valence-corrected chi connectivity index (χ2v) is 5.88. The van der Waals surface area contributed by atoms with Crippen molar-refractivity contribution in [2.45, 2.75) is 19.9 Å². The molecule has 26 heavy (non-hydrogen) atoms. The molecule has 0 aliphatic heterocycles. The second kappa shape index (κ2) is 7.18. The largest absolute Gasteiger partial charge is 0.477 e. The van der Waals surface area contributed by atoms with E-state index in [4.69, 9.17) is 4.74 Å². The van der Waals surface area contributed by atoms with Gasteiger partial charge in [-0.3, -0.25) is 14.9 Å². The molecule has 1 aromatic carbocycles. The monoisotopic (exact) mass is 355 g/mol. The number of nitrogens with one attached hydrogen (secondary N) is 1. The number of para-hydroxylation sites is 2. The summed E-state index contributed by atoms with van der Waals surface area (Å²) in [5.41, 5.74) is 1.04. The lowest BCUT2D eigenvalue weighted by Crippen LogP contribution is -2.20. The number of carbonyl (C=O) groups is 1. The molecule has 0 bridgehead atoms. The summed E-state index contributed by atoms with van der Waals surface area (Å²) in [6.45, 7) is 3.65. The van der Waals surface area contributed by atoms with Crippen LogP contribution in [0, 0.1) is 10.1 Å². The highest BCUT2D eigenvalue weighted by Gasteiger charge is 2.15. The van der Waals surface area contributed by atoms with E-state index in [1.807, 2.05) is 13.8 Å². The first kappa shape index (κ1) is 17.3. The number of nitro benzene ring substituents is 1. The molecule has 2 aromatic heterocycles. The Morgan fingerprint density at radius 1 is 1.35 bits per heavy atom. The summed E-state index contributed by atoms with van der Waals surface area (Å²) >= 11 is 0. The number of aromatic nitrogens is 3. The first-order chi connectivity index (χ1) is 12.5. The number of nitro groups is 1. The molecule has 0 fully saturated rings. The van der Waals surface area contributed by atoms with E-state index in [9.17, 15) is 14.9 Å². The van der Waals surface area contributed by atoms with E-state index >= 15 is 0 Å². The third-order valence-corrected chi connectivity index (χ3v) is 3.63. The highest BCUT2D eigenvalue weighted by molar-refractivity contribution is 5.93. The number of ether oxygens (including phenoxy) is 1. The molecule has 3 rings (SSSR count). The number of carbonyl (C=O) groups excluding carboxylic acids is 1. The molecule has 9 nitrogen and oxygen atoms in total. The molecule has 0 aliphatic carbocycles. The maximum atomic E-state index is 12.1. The third kappa shape index (κ3) is 3.61. The van der Waals surface area contributed by atoms with E-state index in [-0.39, 0.29) is 24.1 Å². The van der Waals surface area contributed by atoms with Gasteiger partial charge in [-0.2, -0.15) is 5.10 Å². The zero-order chi connectivity index (χ0) is 18.7. The van der Waals surface area contributed by atoms with Gasteiger partial charge in [0.25, 0.3) is 5.91 Å². The van der Waals surface area contributed by atoms with Gasteiger partial charge in [0.2, 0.25) is 0 Å². The average Bonchev–Trinajstić information content (AvgIpc) is 3.03. The smallest absolute Gasteiger partial charge is 0.310 e. The number of nitrogens with zero attached hydrogens (tertiary/aromatic N) is 4. The number of amides is 1. The second-order valence-electron chi connectivity index (χ2n) is 5.88. The zero-order valence-corrected chi connectivity index (χ0v) is 14.2. The molecule has 1 N–H and O–H groups in total. The lowest BCUT2D eigenvalue weighted by Gasteiger charge is -2.09. The van der Waals surface area contributed by atoms with Crippen LogP contribution in [0.25, 0.3) is 11.0 Å². The summed E-state index contributed by atoms with van der Waals surface area (Å²) in [4.78, 5) is 26.8. The minimum atomic E-state index is -0.558. The van der Waals surface area contributed by atoms with E-state index in [0.717, 1.165) is 11.0 Å². The summed E-state index contributed by atoms with van der Waals surface area (Å²) in [5, 5.41) is 18.7. The first-order valence-corrected chi connectivity index (χ1v) is 7.95. The number of anilines is 1. The van der Waals surface area contributed by atoms with Crippen molar-refractivity contribution < 1.29 is 14.5 Å². The Hall–Kier alpha value is -3.49. The van der Waals surface area contributed by atoms with Crippen LogP contribution in [0.3, 0.4) is 0 Å². The predicted molar refractivity (Wildman–Crippen MR) is 95.1 cm³/mol. The lowest BCUT2D eigenvalue weighted by atomic mass is 10.3. The van der Waals surface area contributed by atoms with Gasteiger partial charge in [0.05, 0.1) is 23.0 Å². The molecule has 2 heterocycles. The standard InChI is InChI=1S/C17H17N5O4/c1-11(2)21-17-12(8-19-21)7-13(9-18-17)20-16(23)10-26-15-6-4-3-5-14(15)22(24)25/h3-9,11H,10H2,1-2H3,(H,20,23). The summed E-state index contributed by atoms with van der Waals surface area (Å²) in [6, 6.07) is 7.83. The molecular weight excluding hydrogens is 338 g/mol. The summed E-state index contributed by atoms with van der Waals surface area (Å²) in [7, 11) is 0. The molecule has 9 heteroatoms. The van der Waals surface area contributed by atoms with E-state index in [1.165, 1.54) is 24.4 Å². The van der Waals surface area contributed by atoms with Crippen molar-refractivity contribution in [3.8, 4) is 5.75 Å². The summed E-state index contributed by atoms with van der Waals surface area (Å²) in [6.07, 6.45) is 3.22. The van der Waals surface area contributed by atoms with E-state index < -0.39 is 10.8 Å². The van der Waals surface area contributed by atoms with Gasteiger partial charge >= 0.3 is 5.69 Å². The van der Waals surface area contributed by atoms with Crippen LogP contribution in [-0.4, -0.2) is 32.2 Å². The minimum Gasteiger partial charge on any atom is -0.477 e. The zero-order valence-electron chi connectivity index (χ0n) is 14.2. The van der Waals surface area contributed by atoms with Gasteiger partial charge in [0.1, 0.15) is 0 Å². The molecule has 0 spiro atoms. The van der Waals surface area contributed by atoms with Gasteiger partial charge in [-0.05, 0) is 26.0 Å². The molecule has 3 aromatic rings. The van der Waals surface area contributed by atoms with E-state index in [1.54, 1.807) is 23.0 Å². The normalized spacial score (nSPS) is 10.9. The van der Waals surface area contributed by atoms with Gasteiger partial charge in [-0.15, -0.1) is 0 Å². The molecule has 0 aliphatic rings. The molecule has 1 amide bonds. The number of hydrogen-bond acceptors (Lipinski definition) is 6.